The largest absolute Gasteiger partial charge is 0.480 e. The van der Waals surface area contributed by atoms with Crippen molar-refractivity contribution in [3.63, 3.8) is 0 Å². The summed E-state index contributed by atoms with van der Waals surface area (Å²) in [5.41, 5.74) is -1.97. The molecule has 0 aliphatic heterocycles. The third-order valence-corrected chi connectivity index (χ3v) is 3.36. The van der Waals surface area contributed by atoms with Crippen molar-refractivity contribution in [3.05, 3.63) is 0 Å². The average molecular weight is 294 g/mol. The molecule has 2 unspecified atom stereocenters. The molecule has 0 aromatic rings. The van der Waals surface area contributed by atoms with Crippen LogP contribution in [0.4, 0.5) is 0 Å². The summed E-state index contributed by atoms with van der Waals surface area (Å²) in [6.07, 6.45) is -1.32. The molecule has 8 heteroatoms. The number of nitriles is 2. The highest BCUT2D eigenvalue weighted by molar-refractivity contribution is 6.05. The molecule has 0 heterocycles. The Kier molecular flexibility index (Phi) is 6.22. The molecular formula is C13H14N2O6. The lowest BCUT2D eigenvalue weighted by Gasteiger charge is -2.30. The molecule has 0 spiro atoms. The molecule has 21 heavy (non-hydrogen) atoms. The number of carboxylic acids is 2. The molecule has 0 saturated heterocycles. The normalized spacial score (nSPS) is 13.3. The first-order valence-corrected chi connectivity index (χ1v) is 5.89. The van der Waals surface area contributed by atoms with Gasteiger partial charge in [-0.1, -0.05) is 0 Å². The lowest BCUT2D eigenvalue weighted by molar-refractivity contribution is -0.146. The van der Waals surface area contributed by atoms with Crippen LogP contribution in [-0.4, -0.2) is 33.7 Å². The first kappa shape index (κ1) is 18.3. The number of hydrogen-bond acceptors (Lipinski definition) is 6. The van der Waals surface area contributed by atoms with E-state index in [4.69, 9.17) is 20.7 Å². The Morgan fingerprint density at radius 2 is 1.19 bits per heavy atom. The molecule has 0 aliphatic carbocycles. The molecule has 2 N–H and O–H groups in total. The SMILES string of the molecule is CC(=O)C(CC(C#N)C(=O)O)(CC(C#N)C(=O)O)C(C)=O. The summed E-state index contributed by atoms with van der Waals surface area (Å²) in [5, 5.41) is 35.3. The topological polar surface area (TPSA) is 156 Å². The minimum absolute atomic E-state index is 0.658. The molecule has 0 aromatic heterocycles. The zero-order valence-corrected chi connectivity index (χ0v) is 11.5. The third-order valence-electron chi connectivity index (χ3n) is 3.36. The van der Waals surface area contributed by atoms with Crippen LogP contribution in [0.25, 0.3) is 0 Å². The van der Waals surface area contributed by atoms with Crippen LogP contribution in [0.15, 0.2) is 0 Å². The summed E-state index contributed by atoms with van der Waals surface area (Å²) in [5.74, 6) is -7.87. The van der Waals surface area contributed by atoms with Gasteiger partial charge in [0.2, 0.25) is 0 Å². The van der Waals surface area contributed by atoms with Gasteiger partial charge < -0.3 is 10.2 Å². The minimum atomic E-state index is -1.97. The first-order chi connectivity index (χ1) is 9.62. The van der Waals surface area contributed by atoms with Gasteiger partial charge in [0.1, 0.15) is 23.4 Å². The van der Waals surface area contributed by atoms with Gasteiger partial charge in [-0.15, -0.1) is 0 Å². The quantitative estimate of drug-likeness (QED) is 0.608. The molecule has 2 atom stereocenters. The molecule has 0 radical (unpaired) electrons. The van der Waals surface area contributed by atoms with E-state index in [2.05, 4.69) is 0 Å². The van der Waals surface area contributed by atoms with Gasteiger partial charge in [-0.2, -0.15) is 10.5 Å². The van der Waals surface area contributed by atoms with Crippen LogP contribution in [0.2, 0.25) is 0 Å². The van der Waals surface area contributed by atoms with Gasteiger partial charge in [-0.25, -0.2) is 0 Å². The van der Waals surface area contributed by atoms with Crippen LogP contribution in [0, 0.1) is 39.9 Å². The number of hydrogen-bond donors (Lipinski definition) is 2. The van der Waals surface area contributed by atoms with Crippen LogP contribution in [0.1, 0.15) is 26.7 Å². The summed E-state index contributed by atoms with van der Waals surface area (Å²) < 4.78 is 0. The number of rotatable bonds is 8. The molecule has 112 valence electrons. The maximum Gasteiger partial charge on any atom is 0.320 e. The highest BCUT2D eigenvalue weighted by Gasteiger charge is 2.47. The molecule has 8 nitrogen and oxygen atoms in total. The van der Waals surface area contributed by atoms with E-state index in [1.54, 1.807) is 0 Å². The summed E-state index contributed by atoms with van der Waals surface area (Å²) >= 11 is 0. The Hall–Kier alpha value is -2.74. The van der Waals surface area contributed by atoms with Crippen molar-refractivity contribution >= 4 is 23.5 Å². The molecular weight excluding hydrogens is 280 g/mol. The molecule has 0 bridgehead atoms. The fourth-order valence-corrected chi connectivity index (χ4v) is 1.98. The van der Waals surface area contributed by atoms with E-state index in [1.165, 1.54) is 12.1 Å². The number of carboxylic acid groups (broad SMARTS) is 2. The van der Waals surface area contributed by atoms with Gasteiger partial charge in [0.05, 0.1) is 17.6 Å². The van der Waals surface area contributed by atoms with E-state index >= 15 is 0 Å². The number of carbonyl (C=O) groups is 4. The zero-order valence-electron chi connectivity index (χ0n) is 11.5. The van der Waals surface area contributed by atoms with E-state index in [-0.39, 0.29) is 0 Å². The molecule has 0 rings (SSSR count). The maximum atomic E-state index is 11.8. The van der Waals surface area contributed by atoms with Crippen molar-refractivity contribution < 1.29 is 29.4 Å². The molecule has 0 saturated carbocycles. The van der Waals surface area contributed by atoms with Crippen LogP contribution in [-0.2, 0) is 19.2 Å². The summed E-state index contributed by atoms with van der Waals surface area (Å²) in [6.45, 7) is 2.02. The van der Waals surface area contributed by atoms with Crippen LogP contribution in [0.5, 0.6) is 0 Å². The molecule has 0 aromatic carbocycles. The number of nitrogens with zero attached hydrogens (tertiary/aromatic N) is 2. The van der Waals surface area contributed by atoms with Crippen molar-refractivity contribution in [1.29, 1.82) is 10.5 Å². The Labute approximate surface area is 120 Å². The van der Waals surface area contributed by atoms with Crippen LogP contribution >= 0.6 is 0 Å². The van der Waals surface area contributed by atoms with Crippen molar-refractivity contribution in [3.8, 4) is 12.1 Å². The molecule has 0 fully saturated rings. The average Bonchev–Trinajstić information content (AvgIpc) is 2.37. The molecule has 0 amide bonds. The van der Waals surface area contributed by atoms with E-state index in [0.717, 1.165) is 13.8 Å². The summed E-state index contributed by atoms with van der Waals surface area (Å²) in [6, 6.07) is 2.91. The second-order valence-corrected chi connectivity index (χ2v) is 4.64. The zero-order chi connectivity index (χ0) is 16.8. The van der Waals surface area contributed by atoms with Gasteiger partial charge in [0, 0.05) is 0 Å². The van der Waals surface area contributed by atoms with E-state index in [0.29, 0.717) is 0 Å². The number of ketones is 2. The lowest BCUT2D eigenvalue weighted by atomic mass is 9.68. The second kappa shape index (κ2) is 7.15. The number of Topliss-reactive ketones (excluding diaryl/α,β-unsaturated/α-hetero) is 2. The smallest absolute Gasteiger partial charge is 0.320 e. The fraction of sp³-hybridized carbons (Fsp3) is 0.538. The van der Waals surface area contributed by atoms with Crippen molar-refractivity contribution in [2.45, 2.75) is 26.7 Å². The molecule has 0 aliphatic rings. The summed E-state index contributed by atoms with van der Waals surface area (Å²) in [7, 11) is 0. The third kappa shape index (κ3) is 4.11. The van der Waals surface area contributed by atoms with E-state index < -0.39 is 53.6 Å². The van der Waals surface area contributed by atoms with E-state index in [9.17, 15) is 19.2 Å². The number of aliphatic carboxylic acids is 2. The second-order valence-electron chi connectivity index (χ2n) is 4.64. The Morgan fingerprint density at radius 3 is 1.33 bits per heavy atom. The van der Waals surface area contributed by atoms with Crippen molar-refractivity contribution in [2.24, 2.45) is 17.3 Å². The lowest BCUT2D eigenvalue weighted by Crippen LogP contribution is -2.42. The first-order valence-electron chi connectivity index (χ1n) is 5.89. The monoisotopic (exact) mass is 294 g/mol. The highest BCUT2D eigenvalue weighted by Crippen LogP contribution is 2.36. The van der Waals surface area contributed by atoms with Crippen molar-refractivity contribution in [1.82, 2.24) is 0 Å². The van der Waals surface area contributed by atoms with Gasteiger partial charge in [0.25, 0.3) is 0 Å². The van der Waals surface area contributed by atoms with Gasteiger partial charge >= 0.3 is 11.9 Å². The van der Waals surface area contributed by atoms with Gasteiger partial charge in [-0.05, 0) is 26.7 Å². The standard InChI is InChI=1S/C13H14N2O6/c1-7(16)13(8(2)17,3-9(5-14)11(18)19)4-10(6-15)12(20)21/h9-10H,3-4H2,1-2H3,(H,18,19)(H,20,21). The van der Waals surface area contributed by atoms with Crippen LogP contribution in [0.3, 0.4) is 0 Å². The van der Waals surface area contributed by atoms with E-state index in [1.807, 2.05) is 0 Å². The Morgan fingerprint density at radius 1 is 0.905 bits per heavy atom. The van der Waals surface area contributed by atoms with Crippen molar-refractivity contribution in [2.75, 3.05) is 0 Å². The maximum absolute atomic E-state index is 11.8. The fourth-order valence-electron chi connectivity index (χ4n) is 1.98. The highest BCUT2D eigenvalue weighted by atomic mass is 16.4. The van der Waals surface area contributed by atoms with Crippen LogP contribution < -0.4 is 0 Å². The Balaban J connectivity index is 5.80. The van der Waals surface area contributed by atoms with Gasteiger partial charge in [0.15, 0.2) is 0 Å². The van der Waals surface area contributed by atoms with Gasteiger partial charge in [-0.3, -0.25) is 19.2 Å². The number of carbonyl (C=O) groups excluding carboxylic acids is 2. The Bertz CT molecular complexity index is 504. The summed E-state index contributed by atoms with van der Waals surface area (Å²) in [4.78, 5) is 45.5. The predicted molar refractivity (Wildman–Crippen MR) is 66.5 cm³/mol. The predicted octanol–water partition coefficient (Wildman–Crippen LogP) is 0.380. The minimum Gasteiger partial charge on any atom is -0.480 e.